The number of thioether (sulfide) groups is 1. The molecule has 1 amide bonds. The minimum absolute atomic E-state index is 0.0165. The van der Waals surface area contributed by atoms with Crippen LogP contribution in [0.2, 0.25) is 0 Å². The van der Waals surface area contributed by atoms with E-state index in [9.17, 15) is 4.79 Å². The van der Waals surface area contributed by atoms with E-state index in [-0.39, 0.29) is 18.4 Å². The number of carbonyl (C=O) groups excluding carboxylic acids is 1. The summed E-state index contributed by atoms with van der Waals surface area (Å²) in [5.41, 5.74) is 2.86. The first-order valence-electron chi connectivity index (χ1n) is 7.88. The van der Waals surface area contributed by atoms with E-state index in [1.807, 2.05) is 61.5 Å². The van der Waals surface area contributed by atoms with Crippen molar-refractivity contribution in [1.29, 1.82) is 5.41 Å². The molecule has 0 radical (unpaired) electrons. The highest BCUT2D eigenvalue weighted by molar-refractivity contribution is 8.03. The highest BCUT2D eigenvalue weighted by Gasteiger charge is 2.37. The molecule has 2 aliphatic rings. The number of fused-ring (bicyclic) bond motifs is 1. The van der Waals surface area contributed by atoms with Gasteiger partial charge in [0.25, 0.3) is 0 Å². The van der Waals surface area contributed by atoms with Crippen molar-refractivity contribution >= 4 is 29.2 Å². The Hall–Kier alpha value is -2.53. The van der Waals surface area contributed by atoms with Crippen molar-refractivity contribution in [3.05, 3.63) is 70.8 Å². The predicted octanol–water partition coefficient (Wildman–Crippen LogP) is 4.39. The molecule has 0 bridgehead atoms. The highest BCUT2D eigenvalue weighted by Crippen LogP contribution is 2.44. The number of benzene rings is 2. The molecule has 1 fully saturated rings. The van der Waals surface area contributed by atoms with Crippen LogP contribution < -0.4 is 5.32 Å². The van der Waals surface area contributed by atoms with Gasteiger partial charge >= 0.3 is 0 Å². The quantitative estimate of drug-likeness (QED) is 0.856. The lowest BCUT2D eigenvalue weighted by Gasteiger charge is -2.24. The number of amides is 1. The van der Waals surface area contributed by atoms with Crippen LogP contribution in [-0.4, -0.2) is 16.6 Å². The fourth-order valence-corrected chi connectivity index (χ4v) is 4.17. The molecule has 2 aromatic rings. The van der Waals surface area contributed by atoms with Gasteiger partial charge in [-0.1, -0.05) is 54.2 Å². The number of carbonyl (C=O) groups is 1. The SMILES string of the molecule is C[C@H](c1ccccc1)N1C(=N)C(=C2Nc3ccccc3S2)CC1=O. The Morgan fingerprint density at radius 1 is 1.12 bits per heavy atom. The van der Waals surface area contributed by atoms with Crippen LogP contribution in [0, 0.1) is 5.41 Å². The number of rotatable bonds is 2. The molecule has 0 aromatic heterocycles. The minimum Gasteiger partial charge on any atom is -0.349 e. The third-order valence-corrected chi connectivity index (χ3v) is 5.54. The number of hydrogen-bond acceptors (Lipinski definition) is 4. The maximum atomic E-state index is 12.6. The van der Waals surface area contributed by atoms with Crippen molar-refractivity contribution in [2.24, 2.45) is 0 Å². The summed E-state index contributed by atoms with van der Waals surface area (Å²) in [5, 5.41) is 12.8. The Morgan fingerprint density at radius 3 is 2.58 bits per heavy atom. The average molecular weight is 335 g/mol. The Kier molecular flexibility index (Phi) is 3.65. The Balaban J connectivity index is 1.64. The molecule has 2 aromatic carbocycles. The van der Waals surface area contributed by atoms with Crippen LogP contribution in [-0.2, 0) is 4.79 Å². The maximum Gasteiger partial charge on any atom is 0.233 e. The lowest BCUT2D eigenvalue weighted by molar-refractivity contribution is -0.126. The third-order valence-electron chi connectivity index (χ3n) is 4.41. The highest BCUT2D eigenvalue weighted by atomic mass is 32.2. The number of nitrogens with one attached hydrogen (secondary N) is 2. The summed E-state index contributed by atoms with van der Waals surface area (Å²) in [5.74, 6) is 0.288. The van der Waals surface area contributed by atoms with Crippen molar-refractivity contribution < 1.29 is 4.79 Å². The number of nitrogens with zero attached hydrogens (tertiary/aromatic N) is 1. The fourth-order valence-electron chi connectivity index (χ4n) is 3.12. The van der Waals surface area contributed by atoms with E-state index in [4.69, 9.17) is 5.41 Å². The second-order valence-electron chi connectivity index (χ2n) is 5.91. The topological polar surface area (TPSA) is 56.2 Å². The molecule has 2 heterocycles. The van der Waals surface area contributed by atoms with Crippen molar-refractivity contribution in [2.45, 2.75) is 24.3 Å². The second kappa shape index (κ2) is 5.83. The fraction of sp³-hybridized carbons (Fsp3) is 0.158. The van der Waals surface area contributed by atoms with Crippen LogP contribution >= 0.6 is 11.8 Å². The van der Waals surface area contributed by atoms with E-state index >= 15 is 0 Å². The zero-order chi connectivity index (χ0) is 16.7. The van der Waals surface area contributed by atoms with Crippen LogP contribution in [0.5, 0.6) is 0 Å². The summed E-state index contributed by atoms with van der Waals surface area (Å²) in [6, 6.07) is 17.8. The lowest BCUT2D eigenvalue weighted by atomic mass is 10.1. The molecule has 1 atom stereocenters. The van der Waals surface area contributed by atoms with E-state index in [1.165, 1.54) is 0 Å². The Bertz CT molecular complexity index is 833. The molecule has 4 nitrogen and oxygen atoms in total. The number of para-hydroxylation sites is 1. The molecular formula is C19H17N3OS. The zero-order valence-electron chi connectivity index (χ0n) is 13.2. The lowest BCUT2D eigenvalue weighted by Crippen LogP contribution is -2.32. The summed E-state index contributed by atoms with van der Waals surface area (Å²) >= 11 is 1.60. The van der Waals surface area contributed by atoms with E-state index in [2.05, 4.69) is 5.32 Å². The number of amidine groups is 1. The van der Waals surface area contributed by atoms with Gasteiger partial charge in [-0.3, -0.25) is 15.1 Å². The monoisotopic (exact) mass is 335 g/mol. The third kappa shape index (κ3) is 2.41. The Labute approximate surface area is 145 Å². The normalized spacial score (nSPS) is 21.0. The average Bonchev–Trinajstić information content (AvgIpc) is 3.15. The smallest absolute Gasteiger partial charge is 0.233 e. The summed E-state index contributed by atoms with van der Waals surface area (Å²) in [7, 11) is 0. The van der Waals surface area contributed by atoms with Crippen LogP contribution in [0.15, 0.2) is 70.1 Å². The van der Waals surface area contributed by atoms with Gasteiger partial charge in [0.15, 0.2) is 0 Å². The van der Waals surface area contributed by atoms with E-state index in [0.29, 0.717) is 5.84 Å². The van der Waals surface area contributed by atoms with Gasteiger partial charge in [-0.05, 0) is 24.6 Å². The van der Waals surface area contributed by atoms with Crippen molar-refractivity contribution in [2.75, 3.05) is 5.32 Å². The summed E-state index contributed by atoms with van der Waals surface area (Å²) in [6.45, 7) is 1.97. The van der Waals surface area contributed by atoms with Crippen LogP contribution in [0.3, 0.4) is 0 Å². The first-order valence-corrected chi connectivity index (χ1v) is 8.70. The van der Waals surface area contributed by atoms with Gasteiger partial charge in [-0.2, -0.15) is 0 Å². The predicted molar refractivity (Wildman–Crippen MR) is 97.0 cm³/mol. The van der Waals surface area contributed by atoms with E-state index in [0.717, 1.165) is 26.7 Å². The summed E-state index contributed by atoms with van der Waals surface area (Å²) in [4.78, 5) is 15.3. The van der Waals surface area contributed by atoms with Gasteiger partial charge in [0.1, 0.15) is 5.84 Å². The van der Waals surface area contributed by atoms with E-state index in [1.54, 1.807) is 16.7 Å². The molecule has 0 unspecified atom stereocenters. The van der Waals surface area contributed by atoms with Crippen molar-refractivity contribution in [3.8, 4) is 0 Å². The molecule has 2 aliphatic heterocycles. The van der Waals surface area contributed by atoms with Gasteiger partial charge in [0.2, 0.25) is 5.91 Å². The molecule has 4 rings (SSSR count). The first kappa shape index (κ1) is 15.0. The summed E-state index contributed by atoms with van der Waals surface area (Å²) < 4.78 is 0. The molecule has 24 heavy (non-hydrogen) atoms. The van der Waals surface area contributed by atoms with E-state index < -0.39 is 0 Å². The van der Waals surface area contributed by atoms with Crippen LogP contribution in [0.4, 0.5) is 5.69 Å². The van der Waals surface area contributed by atoms with Gasteiger partial charge < -0.3 is 5.32 Å². The number of likely N-dealkylation sites (tertiary alicyclic amines) is 1. The molecule has 120 valence electrons. The molecule has 5 heteroatoms. The van der Waals surface area contributed by atoms with Gasteiger partial charge in [0.05, 0.1) is 23.2 Å². The summed E-state index contributed by atoms with van der Waals surface area (Å²) in [6.07, 6.45) is 0.277. The van der Waals surface area contributed by atoms with Crippen molar-refractivity contribution in [3.63, 3.8) is 0 Å². The Morgan fingerprint density at radius 2 is 1.83 bits per heavy atom. The molecule has 0 spiro atoms. The first-order chi connectivity index (χ1) is 11.6. The molecule has 2 N–H and O–H groups in total. The minimum atomic E-state index is -0.141. The molecular weight excluding hydrogens is 318 g/mol. The largest absolute Gasteiger partial charge is 0.349 e. The molecule has 1 saturated heterocycles. The number of anilines is 1. The van der Waals surface area contributed by atoms with Crippen LogP contribution in [0.1, 0.15) is 24.9 Å². The molecule has 0 saturated carbocycles. The maximum absolute atomic E-state index is 12.6. The number of hydrogen-bond donors (Lipinski definition) is 2. The second-order valence-corrected chi connectivity index (χ2v) is 6.96. The van der Waals surface area contributed by atoms with Gasteiger partial charge in [-0.15, -0.1) is 0 Å². The van der Waals surface area contributed by atoms with Crippen molar-refractivity contribution in [1.82, 2.24) is 4.90 Å². The zero-order valence-corrected chi connectivity index (χ0v) is 14.1. The van der Waals surface area contributed by atoms with Crippen LogP contribution in [0.25, 0.3) is 0 Å². The van der Waals surface area contributed by atoms with Gasteiger partial charge in [-0.25, -0.2) is 0 Å². The standard InChI is InChI=1S/C19H17N3OS/c1-12(13-7-3-2-4-8-13)22-17(23)11-14(18(22)20)19-21-15-9-5-6-10-16(15)24-19/h2-10,12,20-21H,11H2,1H3/t12-/m1/s1. The van der Waals surface area contributed by atoms with Gasteiger partial charge in [0, 0.05) is 10.5 Å². The molecule has 0 aliphatic carbocycles.